The summed E-state index contributed by atoms with van der Waals surface area (Å²) in [5.41, 5.74) is 6.59. The molecule has 0 atom stereocenters. The molecule has 0 aliphatic heterocycles. The van der Waals surface area contributed by atoms with E-state index in [1.54, 1.807) is 0 Å². The number of rotatable bonds is 3. The molecule has 0 amide bonds. The van der Waals surface area contributed by atoms with Crippen LogP contribution in [0.15, 0.2) is 0 Å². The van der Waals surface area contributed by atoms with Crippen molar-refractivity contribution in [2.45, 2.75) is 44.6 Å². The molecular weight excluding hydrogens is 196 g/mol. The largest absolute Gasteiger partial charge is 0.329 e. The number of hydrogen-bond donors (Lipinski definition) is 1. The Morgan fingerprint density at radius 2 is 1.56 bits per heavy atom. The highest BCUT2D eigenvalue weighted by Gasteiger charge is 2.57. The van der Waals surface area contributed by atoms with Crippen LogP contribution < -0.4 is 5.73 Å². The Balaban J connectivity index is 1.94. The lowest BCUT2D eigenvalue weighted by Gasteiger charge is -2.64. The minimum atomic E-state index is 0.363. The Morgan fingerprint density at radius 1 is 1.06 bits per heavy atom. The lowest BCUT2D eigenvalue weighted by atomic mass is 9.48. The summed E-state index contributed by atoms with van der Waals surface area (Å²) < 4.78 is 0. The lowest BCUT2D eigenvalue weighted by molar-refractivity contribution is -0.121. The molecule has 4 rings (SSSR count). The Hall–Kier alpha value is -0.0800. The average Bonchev–Trinajstić information content (AvgIpc) is 2.28. The van der Waals surface area contributed by atoms with E-state index in [1.165, 1.54) is 32.1 Å². The smallest absolute Gasteiger partial charge is 0.0385 e. The summed E-state index contributed by atoms with van der Waals surface area (Å²) in [4.78, 5) is 2.58. The maximum Gasteiger partial charge on any atom is 0.0385 e. The Labute approximate surface area is 99.6 Å². The van der Waals surface area contributed by atoms with Gasteiger partial charge in [0.25, 0.3) is 0 Å². The molecule has 4 saturated carbocycles. The standard InChI is InChI=1S/C14H26N2/c1-3-16(2)14(9-15)12-5-10-4-11(7-12)8-13(14)6-10/h10-13H,3-9,15H2,1-2H3. The van der Waals surface area contributed by atoms with Crippen LogP contribution in [-0.2, 0) is 0 Å². The van der Waals surface area contributed by atoms with Crippen molar-refractivity contribution < 1.29 is 0 Å². The summed E-state index contributed by atoms with van der Waals surface area (Å²) in [6, 6.07) is 0. The predicted octanol–water partition coefficient (Wildman–Crippen LogP) is 2.09. The minimum absolute atomic E-state index is 0.363. The molecule has 4 fully saturated rings. The molecule has 0 saturated heterocycles. The van der Waals surface area contributed by atoms with E-state index in [4.69, 9.17) is 5.73 Å². The summed E-state index contributed by atoms with van der Waals surface area (Å²) >= 11 is 0. The number of nitrogens with two attached hydrogens (primary N) is 1. The highest BCUT2D eigenvalue weighted by molar-refractivity contribution is 5.11. The molecule has 0 heterocycles. The summed E-state index contributed by atoms with van der Waals surface area (Å²) in [6.07, 6.45) is 7.40. The third-order valence-electron chi connectivity index (χ3n) is 6.06. The van der Waals surface area contributed by atoms with Crippen molar-refractivity contribution in [3.05, 3.63) is 0 Å². The van der Waals surface area contributed by atoms with E-state index >= 15 is 0 Å². The fraction of sp³-hybridized carbons (Fsp3) is 1.00. The van der Waals surface area contributed by atoms with E-state index < -0.39 is 0 Å². The predicted molar refractivity (Wildman–Crippen MR) is 67.1 cm³/mol. The molecular formula is C14H26N2. The highest BCUT2D eigenvalue weighted by Crippen LogP contribution is 2.59. The fourth-order valence-corrected chi connectivity index (χ4v) is 5.41. The van der Waals surface area contributed by atoms with Gasteiger partial charge in [-0.2, -0.15) is 0 Å². The van der Waals surface area contributed by atoms with Gasteiger partial charge in [-0.1, -0.05) is 6.92 Å². The molecule has 4 bridgehead atoms. The summed E-state index contributed by atoms with van der Waals surface area (Å²) in [5.74, 6) is 3.90. The van der Waals surface area contributed by atoms with Gasteiger partial charge in [0.2, 0.25) is 0 Å². The van der Waals surface area contributed by atoms with Gasteiger partial charge >= 0.3 is 0 Å². The molecule has 2 nitrogen and oxygen atoms in total. The van der Waals surface area contributed by atoms with Crippen molar-refractivity contribution in [3.8, 4) is 0 Å². The molecule has 0 radical (unpaired) electrons. The maximum atomic E-state index is 6.22. The van der Waals surface area contributed by atoms with Crippen LogP contribution in [0.1, 0.15) is 39.0 Å². The molecule has 0 aromatic rings. The van der Waals surface area contributed by atoms with Gasteiger partial charge in [0.1, 0.15) is 0 Å². The van der Waals surface area contributed by atoms with Crippen molar-refractivity contribution in [2.24, 2.45) is 29.4 Å². The van der Waals surface area contributed by atoms with E-state index in [9.17, 15) is 0 Å². The molecule has 2 N–H and O–H groups in total. The lowest BCUT2D eigenvalue weighted by Crippen LogP contribution is -2.68. The van der Waals surface area contributed by atoms with Crippen LogP contribution in [0.2, 0.25) is 0 Å². The highest BCUT2D eigenvalue weighted by atomic mass is 15.2. The molecule has 4 aliphatic carbocycles. The van der Waals surface area contributed by atoms with Crippen LogP contribution in [0, 0.1) is 23.7 Å². The van der Waals surface area contributed by atoms with Crippen molar-refractivity contribution in [1.82, 2.24) is 4.90 Å². The van der Waals surface area contributed by atoms with E-state index in [2.05, 4.69) is 18.9 Å². The Morgan fingerprint density at radius 3 is 1.94 bits per heavy atom. The first-order valence-electron chi connectivity index (χ1n) is 7.12. The molecule has 0 unspecified atom stereocenters. The number of hydrogen-bond acceptors (Lipinski definition) is 2. The fourth-order valence-electron chi connectivity index (χ4n) is 5.41. The number of likely N-dealkylation sites (N-methyl/N-ethyl adjacent to an activating group) is 1. The third-order valence-corrected chi connectivity index (χ3v) is 6.06. The van der Waals surface area contributed by atoms with Crippen molar-refractivity contribution in [2.75, 3.05) is 20.1 Å². The Kier molecular flexibility index (Phi) is 2.56. The van der Waals surface area contributed by atoms with E-state index in [0.29, 0.717) is 5.54 Å². The first-order chi connectivity index (χ1) is 7.70. The van der Waals surface area contributed by atoms with Crippen LogP contribution in [0.5, 0.6) is 0 Å². The number of nitrogens with zero attached hydrogens (tertiary/aromatic N) is 1. The van der Waals surface area contributed by atoms with Gasteiger partial charge in [-0.25, -0.2) is 0 Å². The quantitative estimate of drug-likeness (QED) is 0.792. The molecule has 0 aromatic carbocycles. The van der Waals surface area contributed by atoms with Crippen molar-refractivity contribution in [3.63, 3.8) is 0 Å². The maximum absolute atomic E-state index is 6.22. The first-order valence-corrected chi connectivity index (χ1v) is 7.12. The van der Waals surface area contributed by atoms with Gasteiger partial charge in [-0.15, -0.1) is 0 Å². The minimum Gasteiger partial charge on any atom is -0.329 e. The van der Waals surface area contributed by atoms with Crippen LogP contribution in [0.4, 0.5) is 0 Å². The third kappa shape index (κ3) is 1.26. The van der Waals surface area contributed by atoms with Gasteiger partial charge in [-0.05, 0) is 69.4 Å². The normalized spacial score (nSPS) is 50.2. The molecule has 0 spiro atoms. The second-order valence-electron chi connectivity index (χ2n) is 6.51. The SMILES string of the molecule is CCN(C)C1(CN)C2CC3CC(C2)CC1C3. The van der Waals surface area contributed by atoms with Crippen molar-refractivity contribution >= 4 is 0 Å². The monoisotopic (exact) mass is 222 g/mol. The molecule has 2 heteroatoms. The van der Waals surface area contributed by atoms with E-state index in [1.807, 2.05) is 0 Å². The summed E-state index contributed by atoms with van der Waals surface area (Å²) in [5, 5.41) is 0. The van der Waals surface area contributed by atoms with Crippen LogP contribution in [-0.4, -0.2) is 30.6 Å². The van der Waals surface area contributed by atoms with Gasteiger partial charge in [0, 0.05) is 12.1 Å². The van der Waals surface area contributed by atoms with Crippen LogP contribution in [0.3, 0.4) is 0 Å². The molecule has 0 aromatic heterocycles. The second kappa shape index (κ2) is 3.71. The van der Waals surface area contributed by atoms with Gasteiger partial charge in [0.05, 0.1) is 0 Å². The second-order valence-corrected chi connectivity index (χ2v) is 6.51. The zero-order chi connectivity index (χ0) is 11.3. The summed E-state index contributed by atoms with van der Waals surface area (Å²) in [7, 11) is 2.30. The van der Waals surface area contributed by atoms with Crippen LogP contribution >= 0.6 is 0 Å². The summed E-state index contributed by atoms with van der Waals surface area (Å²) in [6.45, 7) is 4.31. The zero-order valence-corrected chi connectivity index (χ0v) is 10.8. The van der Waals surface area contributed by atoms with Crippen molar-refractivity contribution in [1.29, 1.82) is 0 Å². The topological polar surface area (TPSA) is 29.3 Å². The Bertz CT molecular complexity index is 246. The molecule has 4 aliphatic rings. The molecule has 92 valence electrons. The van der Waals surface area contributed by atoms with Crippen LogP contribution in [0.25, 0.3) is 0 Å². The average molecular weight is 222 g/mol. The molecule has 16 heavy (non-hydrogen) atoms. The van der Waals surface area contributed by atoms with Gasteiger partial charge in [0.15, 0.2) is 0 Å². The first kappa shape index (κ1) is 11.0. The van der Waals surface area contributed by atoms with E-state index in [-0.39, 0.29) is 0 Å². The van der Waals surface area contributed by atoms with E-state index in [0.717, 1.165) is 36.8 Å². The van der Waals surface area contributed by atoms with Gasteiger partial charge in [-0.3, -0.25) is 4.90 Å². The zero-order valence-electron chi connectivity index (χ0n) is 10.8. The van der Waals surface area contributed by atoms with Gasteiger partial charge < -0.3 is 5.73 Å².